The van der Waals surface area contributed by atoms with Crippen molar-refractivity contribution in [2.24, 2.45) is 0 Å². The van der Waals surface area contributed by atoms with Gasteiger partial charge in [0.15, 0.2) is 5.11 Å². The Hall–Kier alpha value is -2.80. The van der Waals surface area contributed by atoms with Crippen LogP contribution in [0.1, 0.15) is 4.88 Å². The predicted octanol–water partition coefficient (Wildman–Crippen LogP) is 4.90. The van der Waals surface area contributed by atoms with Crippen molar-refractivity contribution in [1.29, 1.82) is 0 Å². The summed E-state index contributed by atoms with van der Waals surface area (Å²) >= 11 is 12.6. The van der Waals surface area contributed by atoms with Crippen molar-refractivity contribution in [3.05, 3.63) is 82.2 Å². The summed E-state index contributed by atoms with van der Waals surface area (Å²) in [4.78, 5) is 28.5. The van der Waals surface area contributed by atoms with Crippen molar-refractivity contribution in [2.75, 3.05) is 4.90 Å². The number of carbonyl (C=O) groups is 2. The molecule has 4 rings (SSSR count). The van der Waals surface area contributed by atoms with Gasteiger partial charge in [0.2, 0.25) is 0 Å². The van der Waals surface area contributed by atoms with Crippen LogP contribution in [0.5, 0.6) is 0 Å². The molecule has 0 atom stereocenters. The fourth-order valence-electron chi connectivity index (χ4n) is 2.81. The molecule has 1 fully saturated rings. The maximum atomic E-state index is 13.0. The van der Waals surface area contributed by atoms with Crippen LogP contribution >= 0.6 is 35.2 Å². The van der Waals surface area contributed by atoms with Gasteiger partial charge in [0, 0.05) is 14.8 Å². The third-order valence-corrected chi connectivity index (χ3v) is 5.78. The number of nitrogens with zero attached hydrogens (tertiary/aromatic N) is 1. The van der Waals surface area contributed by atoms with E-state index in [0.717, 1.165) is 15.3 Å². The van der Waals surface area contributed by atoms with Crippen LogP contribution in [-0.4, -0.2) is 16.9 Å². The van der Waals surface area contributed by atoms with E-state index in [-0.39, 0.29) is 10.7 Å². The minimum absolute atomic E-state index is 0.0324. The lowest BCUT2D eigenvalue weighted by Crippen LogP contribution is -2.54. The average molecular weight is 425 g/mol. The van der Waals surface area contributed by atoms with Crippen LogP contribution in [0.25, 0.3) is 16.5 Å². The maximum absolute atomic E-state index is 13.0. The zero-order valence-electron chi connectivity index (χ0n) is 14.4. The van der Waals surface area contributed by atoms with E-state index in [2.05, 4.69) is 5.32 Å². The van der Waals surface area contributed by atoms with Crippen LogP contribution in [0, 0.1) is 0 Å². The molecule has 1 aromatic heterocycles. The Balaban J connectivity index is 1.67. The zero-order chi connectivity index (χ0) is 19.7. The number of amides is 2. The molecule has 0 unspecified atom stereocenters. The molecule has 2 amide bonds. The Morgan fingerprint density at radius 2 is 1.68 bits per heavy atom. The van der Waals surface area contributed by atoms with E-state index in [1.807, 2.05) is 42.5 Å². The monoisotopic (exact) mass is 424 g/mol. The summed E-state index contributed by atoms with van der Waals surface area (Å²) in [5.74, 6) is -0.972. The molecule has 4 nitrogen and oxygen atoms in total. The molecule has 2 aromatic carbocycles. The van der Waals surface area contributed by atoms with E-state index in [1.165, 1.54) is 16.2 Å². The molecule has 28 heavy (non-hydrogen) atoms. The van der Waals surface area contributed by atoms with Crippen molar-refractivity contribution in [1.82, 2.24) is 5.32 Å². The van der Waals surface area contributed by atoms with Crippen molar-refractivity contribution in [3.8, 4) is 10.4 Å². The lowest BCUT2D eigenvalue weighted by atomic mass is 10.1. The number of anilines is 1. The summed E-state index contributed by atoms with van der Waals surface area (Å²) in [6, 6.07) is 20.5. The number of hydrogen-bond acceptors (Lipinski definition) is 4. The maximum Gasteiger partial charge on any atom is 0.270 e. The van der Waals surface area contributed by atoms with Gasteiger partial charge in [-0.05, 0) is 60.3 Å². The summed E-state index contributed by atoms with van der Waals surface area (Å²) in [6.07, 6.45) is 1.60. The van der Waals surface area contributed by atoms with Gasteiger partial charge in [0.05, 0.1) is 5.69 Å². The molecule has 3 aromatic rings. The van der Waals surface area contributed by atoms with Crippen LogP contribution in [0.15, 0.2) is 72.3 Å². The number of benzene rings is 2. The Morgan fingerprint density at radius 1 is 0.964 bits per heavy atom. The molecule has 1 aliphatic rings. The minimum Gasteiger partial charge on any atom is -0.298 e. The molecule has 0 aliphatic carbocycles. The third-order valence-electron chi connectivity index (χ3n) is 4.16. The van der Waals surface area contributed by atoms with Gasteiger partial charge >= 0.3 is 0 Å². The summed E-state index contributed by atoms with van der Waals surface area (Å²) in [6.45, 7) is 0. The third kappa shape index (κ3) is 3.62. The smallest absolute Gasteiger partial charge is 0.270 e. The van der Waals surface area contributed by atoms with E-state index in [9.17, 15) is 9.59 Å². The Labute approximate surface area is 176 Å². The second-order valence-corrected chi connectivity index (χ2v) is 7.94. The summed E-state index contributed by atoms with van der Waals surface area (Å²) in [5, 5.41) is 3.18. The van der Waals surface area contributed by atoms with Gasteiger partial charge in [0.25, 0.3) is 11.8 Å². The Morgan fingerprint density at radius 3 is 2.39 bits per heavy atom. The number of halogens is 1. The summed E-state index contributed by atoms with van der Waals surface area (Å²) < 4.78 is 0. The zero-order valence-corrected chi connectivity index (χ0v) is 16.8. The van der Waals surface area contributed by atoms with Gasteiger partial charge in [-0.2, -0.15) is 0 Å². The van der Waals surface area contributed by atoms with Crippen LogP contribution in [0.4, 0.5) is 5.69 Å². The van der Waals surface area contributed by atoms with Gasteiger partial charge in [-0.3, -0.25) is 19.8 Å². The molecular weight excluding hydrogens is 412 g/mol. The van der Waals surface area contributed by atoms with E-state index in [1.54, 1.807) is 30.3 Å². The van der Waals surface area contributed by atoms with Crippen LogP contribution in [0.3, 0.4) is 0 Å². The molecule has 0 saturated carbocycles. The van der Waals surface area contributed by atoms with Crippen LogP contribution in [-0.2, 0) is 9.59 Å². The molecule has 7 heteroatoms. The van der Waals surface area contributed by atoms with Gasteiger partial charge in [-0.1, -0.05) is 41.9 Å². The summed E-state index contributed by atoms with van der Waals surface area (Å²) in [5.41, 5.74) is 1.66. The van der Waals surface area contributed by atoms with Crippen molar-refractivity contribution < 1.29 is 9.59 Å². The normalized spacial score (nSPS) is 15.8. The second kappa shape index (κ2) is 7.67. The molecule has 0 spiro atoms. The number of hydrogen-bond donors (Lipinski definition) is 1. The van der Waals surface area contributed by atoms with Crippen molar-refractivity contribution >= 4 is 63.8 Å². The molecular formula is C21H13ClN2O2S2. The first kappa shape index (κ1) is 18.6. The first-order valence-corrected chi connectivity index (χ1v) is 9.95. The number of rotatable bonds is 3. The molecule has 1 saturated heterocycles. The van der Waals surface area contributed by atoms with Gasteiger partial charge in [-0.25, -0.2) is 0 Å². The Bertz CT molecular complexity index is 1100. The number of thiophene rings is 1. The second-order valence-electron chi connectivity index (χ2n) is 6.00. The number of nitrogens with one attached hydrogen (secondary N) is 1. The van der Waals surface area contributed by atoms with Crippen molar-refractivity contribution in [3.63, 3.8) is 0 Å². The highest BCUT2D eigenvalue weighted by molar-refractivity contribution is 7.80. The summed E-state index contributed by atoms with van der Waals surface area (Å²) in [7, 11) is 0. The van der Waals surface area contributed by atoms with Crippen LogP contribution in [0.2, 0.25) is 5.02 Å². The van der Waals surface area contributed by atoms with E-state index >= 15 is 0 Å². The highest BCUT2D eigenvalue weighted by atomic mass is 35.5. The molecule has 0 radical (unpaired) electrons. The highest BCUT2D eigenvalue weighted by Gasteiger charge is 2.34. The SMILES string of the molecule is O=C1NC(=S)N(c2ccc(Cl)cc2)C(=O)C1=Cc1ccc(-c2ccccc2)s1. The lowest BCUT2D eigenvalue weighted by Gasteiger charge is -2.28. The standard InChI is InChI=1S/C21H13ClN2O2S2/c22-14-6-8-15(9-7-14)24-20(26)17(19(25)23-21(24)27)12-16-10-11-18(28-16)13-4-2-1-3-5-13/h1-12H,(H,23,25,27). The molecule has 1 aliphatic heterocycles. The Kier molecular flexibility index (Phi) is 5.09. The quantitative estimate of drug-likeness (QED) is 0.369. The predicted molar refractivity (Wildman–Crippen MR) is 117 cm³/mol. The van der Waals surface area contributed by atoms with Crippen molar-refractivity contribution in [2.45, 2.75) is 0 Å². The lowest BCUT2D eigenvalue weighted by molar-refractivity contribution is -0.122. The molecule has 0 bridgehead atoms. The van der Waals surface area contributed by atoms with Gasteiger partial charge in [0.1, 0.15) is 5.57 Å². The number of thiocarbonyl (C=S) groups is 1. The average Bonchev–Trinajstić information content (AvgIpc) is 3.16. The molecule has 138 valence electrons. The number of carbonyl (C=O) groups excluding carboxylic acids is 2. The molecule has 1 N–H and O–H groups in total. The first-order chi connectivity index (χ1) is 13.5. The van der Waals surface area contributed by atoms with E-state index < -0.39 is 11.8 Å². The van der Waals surface area contributed by atoms with Gasteiger partial charge in [-0.15, -0.1) is 11.3 Å². The highest BCUT2D eigenvalue weighted by Crippen LogP contribution is 2.30. The van der Waals surface area contributed by atoms with E-state index in [4.69, 9.17) is 23.8 Å². The molecule has 2 heterocycles. The van der Waals surface area contributed by atoms with E-state index in [0.29, 0.717) is 10.7 Å². The largest absolute Gasteiger partial charge is 0.298 e. The van der Waals surface area contributed by atoms with Gasteiger partial charge < -0.3 is 0 Å². The minimum atomic E-state index is -0.505. The topological polar surface area (TPSA) is 49.4 Å². The first-order valence-electron chi connectivity index (χ1n) is 8.35. The fraction of sp³-hybridized carbons (Fsp3) is 0. The fourth-order valence-corrected chi connectivity index (χ4v) is 4.18. The van der Waals surface area contributed by atoms with Crippen LogP contribution < -0.4 is 10.2 Å².